The average molecular weight is 195 g/mol. The molecular formula is C7H17NO3S. The van der Waals surface area contributed by atoms with Crippen molar-refractivity contribution in [2.45, 2.75) is 39.7 Å². The molecule has 0 heterocycles. The Morgan fingerprint density at radius 3 is 2.08 bits per heavy atom. The number of rotatable bonds is 5. The van der Waals surface area contributed by atoms with Crippen LogP contribution in [0.4, 0.5) is 0 Å². The van der Waals surface area contributed by atoms with Gasteiger partial charge in [-0.3, -0.25) is 4.55 Å². The molecule has 0 fully saturated rings. The number of hydrogen-bond donors (Lipinski definition) is 2. The molecule has 1 unspecified atom stereocenters. The molecule has 2 N–H and O–H groups in total. The molecule has 0 radical (unpaired) electrons. The summed E-state index contributed by atoms with van der Waals surface area (Å²) in [6.07, 6.45) is 1.70. The van der Waals surface area contributed by atoms with Crippen LogP contribution in [0.3, 0.4) is 0 Å². The maximum atomic E-state index is 10.3. The molecule has 0 aliphatic rings. The highest BCUT2D eigenvalue weighted by Gasteiger charge is 2.09. The largest absolute Gasteiger partial charge is 0.333 e. The highest BCUT2D eigenvalue weighted by molar-refractivity contribution is 7.83. The zero-order chi connectivity index (χ0) is 9.78. The highest BCUT2D eigenvalue weighted by atomic mass is 32.2. The van der Waals surface area contributed by atoms with Crippen LogP contribution in [0.25, 0.3) is 0 Å². The Morgan fingerprint density at radius 2 is 1.75 bits per heavy atom. The summed E-state index contributed by atoms with van der Waals surface area (Å²) in [5, 5.41) is 0. The van der Waals surface area contributed by atoms with E-state index in [2.05, 4.69) is 18.6 Å². The van der Waals surface area contributed by atoms with Crippen molar-refractivity contribution in [1.29, 1.82) is 0 Å². The Labute approximate surface area is 74.2 Å². The Hall–Kier alpha value is -0.130. The maximum absolute atomic E-state index is 10.3. The monoisotopic (exact) mass is 195 g/mol. The quantitative estimate of drug-likeness (QED) is 0.648. The summed E-state index contributed by atoms with van der Waals surface area (Å²) in [4.78, 5) is 0. The first-order valence-corrected chi connectivity index (χ1v) is 5.50. The van der Waals surface area contributed by atoms with E-state index in [0.717, 1.165) is 12.8 Å². The molecule has 0 bridgehead atoms. The van der Waals surface area contributed by atoms with E-state index in [9.17, 15) is 8.42 Å². The van der Waals surface area contributed by atoms with Crippen LogP contribution in [-0.2, 0) is 10.3 Å². The Balaban J connectivity index is 3.68. The van der Waals surface area contributed by atoms with Gasteiger partial charge in [0, 0.05) is 6.04 Å². The van der Waals surface area contributed by atoms with Crippen molar-refractivity contribution >= 4 is 10.3 Å². The Morgan fingerprint density at radius 1 is 1.25 bits per heavy atom. The fourth-order valence-electron chi connectivity index (χ4n) is 0.896. The van der Waals surface area contributed by atoms with Gasteiger partial charge in [0.25, 0.3) is 0 Å². The van der Waals surface area contributed by atoms with Gasteiger partial charge in [-0.25, -0.2) is 0 Å². The van der Waals surface area contributed by atoms with Crippen molar-refractivity contribution in [2.24, 2.45) is 5.92 Å². The Kier molecular flexibility index (Phi) is 4.74. The zero-order valence-electron chi connectivity index (χ0n) is 7.74. The fourth-order valence-corrected chi connectivity index (χ4v) is 1.52. The van der Waals surface area contributed by atoms with Crippen LogP contribution >= 0.6 is 0 Å². The molecule has 0 aromatic carbocycles. The average Bonchev–Trinajstić information content (AvgIpc) is 1.79. The van der Waals surface area contributed by atoms with Gasteiger partial charge in [0.2, 0.25) is 0 Å². The summed E-state index contributed by atoms with van der Waals surface area (Å²) < 4.78 is 31.2. The van der Waals surface area contributed by atoms with Crippen molar-refractivity contribution in [3.63, 3.8) is 0 Å². The second-order valence-corrected chi connectivity index (χ2v) is 4.65. The van der Waals surface area contributed by atoms with Crippen molar-refractivity contribution in [3.05, 3.63) is 0 Å². The molecule has 12 heavy (non-hydrogen) atoms. The normalized spacial score (nSPS) is 15.1. The first kappa shape index (κ1) is 11.9. The standard InChI is InChI=1S/C7H17NO3S/c1-6(2)4-5-7(3)8-12(9,10)11/h6-8H,4-5H2,1-3H3,(H,9,10,11). The van der Waals surface area contributed by atoms with E-state index in [1.54, 1.807) is 6.92 Å². The number of hydrogen-bond acceptors (Lipinski definition) is 2. The summed E-state index contributed by atoms with van der Waals surface area (Å²) in [5.41, 5.74) is 0. The minimum Gasteiger partial charge on any atom is -0.273 e. The second-order valence-electron chi connectivity index (χ2n) is 3.47. The van der Waals surface area contributed by atoms with Crippen LogP contribution in [0.2, 0.25) is 0 Å². The zero-order valence-corrected chi connectivity index (χ0v) is 8.56. The van der Waals surface area contributed by atoms with E-state index >= 15 is 0 Å². The molecule has 0 saturated carbocycles. The van der Waals surface area contributed by atoms with Gasteiger partial charge in [-0.05, 0) is 25.7 Å². The molecule has 74 valence electrons. The van der Waals surface area contributed by atoms with Gasteiger partial charge in [0.15, 0.2) is 0 Å². The van der Waals surface area contributed by atoms with Gasteiger partial charge in [-0.1, -0.05) is 13.8 Å². The van der Waals surface area contributed by atoms with E-state index in [1.807, 2.05) is 0 Å². The van der Waals surface area contributed by atoms with Gasteiger partial charge in [-0.15, -0.1) is 0 Å². The van der Waals surface area contributed by atoms with Crippen LogP contribution < -0.4 is 4.72 Å². The lowest BCUT2D eigenvalue weighted by molar-refractivity contribution is 0.436. The fraction of sp³-hybridized carbons (Fsp3) is 1.00. The molecule has 0 aliphatic carbocycles. The van der Waals surface area contributed by atoms with Gasteiger partial charge in [0.1, 0.15) is 0 Å². The molecular weight excluding hydrogens is 178 g/mol. The summed E-state index contributed by atoms with van der Waals surface area (Å²) in [7, 11) is -4.02. The van der Waals surface area contributed by atoms with Crippen LogP contribution in [-0.4, -0.2) is 19.0 Å². The Bertz CT molecular complexity index is 211. The molecule has 5 heteroatoms. The second kappa shape index (κ2) is 4.79. The van der Waals surface area contributed by atoms with Crippen molar-refractivity contribution in [3.8, 4) is 0 Å². The first-order valence-electron chi connectivity index (χ1n) is 4.06. The molecule has 4 nitrogen and oxygen atoms in total. The minimum atomic E-state index is -4.02. The number of nitrogens with one attached hydrogen (secondary N) is 1. The third-order valence-electron chi connectivity index (χ3n) is 1.53. The van der Waals surface area contributed by atoms with Crippen molar-refractivity contribution in [1.82, 2.24) is 4.72 Å². The summed E-state index contributed by atoms with van der Waals surface area (Å²) in [6, 6.07) is -0.192. The predicted molar refractivity (Wildman–Crippen MR) is 48.2 cm³/mol. The van der Waals surface area contributed by atoms with Gasteiger partial charge in [-0.2, -0.15) is 13.1 Å². The van der Waals surface area contributed by atoms with Gasteiger partial charge < -0.3 is 0 Å². The third kappa shape index (κ3) is 7.97. The lowest BCUT2D eigenvalue weighted by atomic mass is 10.1. The van der Waals surface area contributed by atoms with E-state index in [-0.39, 0.29) is 6.04 Å². The minimum absolute atomic E-state index is 0.192. The predicted octanol–water partition coefficient (Wildman–Crippen LogP) is 1.20. The summed E-state index contributed by atoms with van der Waals surface area (Å²) in [5.74, 6) is 0.552. The SMILES string of the molecule is CC(C)CCC(C)NS(=O)(=O)O. The summed E-state index contributed by atoms with van der Waals surface area (Å²) in [6.45, 7) is 5.87. The van der Waals surface area contributed by atoms with E-state index in [4.69, 9.17) is 4.55 Å². The molecule has 0 amide bonds. The smallest absolute Gasteiger partial charge is 0.273 e. The molecule has 0 aromatic rings. The van der Waals surface area contributed by atoms with E-state index < -0.39 is 10.3 Å². The lowest BCUT2D eigenvalue weighted by Crippen LogP contribution is -2.32. The van der Waals surface area contributed by atoms with E-state index in [0.29, 0.717) is 5.92 Å². The molecule has 0 saturated heterocycles. The molecule has 1 atom stereocenters. The third-order valence-corrected chi connectivity index (χ3v) is 2.23. The van der Waals surface area contributed by atoms with Crippen LogP contribution in [0.15, 0.2) is 0 Å². The first-order chi connectivity index (χ1) is 5.31. The maximum Gasteiger partial charge on any atom is 0.333 e. The van der Waals surface area contributed by atoms with Crippen molar-refractivity contribution in [2.75, 3.05) is 0 Å². The van der Waals surface area contributed by atoms with Gasteiger partial charge in [0.05, 0.1) is 0 Å². The molecule has 0 rings (SSSR count). The van der Waals surface area contributed by atoms with E-state index in [1.165, 1.54) is 0 Å². The lowest BCUT2D eigenvalue weighted by Gasteiger charge is -2.11. The van der Waals surface area contributed by atoms with Crippen LogP contribution in [0.5, 0.6) is 0 Å². The summed E-state index contributed by atoms with van der Waals surface area (Å²) >= 11 is 0. The topological polar surface area (TPSA) is 66.4 Å². The highest BCUT2D eigenvalue weighted by Crippen LogP contribution is 2.06. The van der Waals surface area contributed by atoms with Crippen molar-refractivity contribution < 1.29 is 13.0 Å². The molecule has 0 aliphatic heterocycles. The molecule has 0 aromatic heterocycles. The van der Waals surface area contributed by atoms with Gasteiger partial charge >= 0.3 is 10.3 Å². The van der Waals surface area contributed by atoms with Crippen LogP contribution in [0, 0.1) is 5.92 Å². The molecule has 0 spiro atoms. The van der Waals surface area contributed by atoms with Crippen LogP contribution in [0.1, 0.15) is 33.6 Å².